The molecule has 2 aromatic carbocycles. The summed E-state index contributed by atoms with van der Waals surface area (Å²) >= 11 is 1.15. The van der Waals surface area contributed by atoms with Crippen LogP contribution in [0, 0.1) is 5.82 Å². The van der Waals surface area contributed by atoms with Gasteiger partial charge in [0.25, 0.3) is 0 Å². The molecule has 1 aromatic heterocycles. The number of rotatable bonds is 6. The van der Waals surface area contributed by atoms with Crippen LogP contribution >= 0.6 is 11.3 Å². The number of thiophene rings is 1. The van der Waals surface area contributed by atoms with Crippen molar-refractivity contribution in [2.45, 2.75) is 11.8 Å². The fourth-order valence-electron chi connectivity index (χ4n) is 2.85. The molecule has 0 bridgehead atoms. The zero-order valence-corrected chi connectivity index (χ0v) is 17.7. The number of sulfone groups is 1. The Balaban J connectivity index is 2.12. The molecule has 0 saturated heterocycles. The predicted molar refractivity (Wildman–Crippen MR) is 110 cm³/mol. The van der Waals surface area contributed by atoms with Gasteiger partial charge in [-0.3, -0.25) is 4.79 Å². The van der Waals surface area contributed by atoms with Crippen molar-refractivity contribution in [3.8, 4) is 22.3 Å². The molecular formula is C21H17FO6S2. The third-order valence-corrected chi connectivity index (χ3v) is 6.61. The van der Waals surface area contributed by atoms with Gasteiger partial charge in [0.05, 0.1) is 7.11 Å². The number of halogens is 1. The maximum absolute atomic E-state index is 14.8. The lowest BCUT2D eigenvalue weighted by molar-refractivity contribution is -0.138. The molecule has 0 aliphatic heterocycles. The highest BCUT2D eigenvalue weighted by atomic mass is 32.2. The van der Waals surface area contributed by atoms with Crippen LogP contribution in [0.2, 0.25) is 0 Å². The van der Waals surface area contributed by atoms with Crippen molar-refractivity contribution in [1.82, 2.24) is 0 Å². The Bertz CT molecular complexity index is 1200. The molecule has 1 heterocycles. The second-order valence-electron chi connectivity index (χ2n) is 6.22. The molecule has 0 aliphatic rings. The molecule has 156 valence electrons. The van der Waals surface area contributed by atoms with Crippen molar-refractivity contribution in [2.75, 3.05) is 13.0 Å². The third-order valence-electron chi connectivity index (χ3n) is 4.22. The second kappa shape index (κ2) is 8.76. The molecule has 9 heteroatoms. The van der Waals surface area contributed by atoms with Crippen LogP contribution in [0.3, 0.4) is 0 Å². The minimum absolute atomic E-state index is 0.270. The predicted octanol–water partition coefficient (Wildman–Crippen LogP) is 4.30. The maximum atomic E-state index is 14.8. The highest BCUT2D eigenvalue weighted by Gasteiger charge is 2.25. The van der Waals surface area contributed by atoms with Crippen LogP contribution in [0.5, 0.6) is 0 Å². The van der Waals surface area contributed by atoms with Gasteiger partial charge in [0.15, 0.2) is 5.94 Å². The first kappa shape index (κ1) is 21.7. The van der Waals surface area contributed by atoms with Crippen LogP contribution in [-0.2, 0) is 24.1 Å². The molecule has 0 fully saturated rings. The second-order valence-corrected chi connectivity index (χ2v) is 9.01. The van der Waals surface area contributed by atoms with Gasteiger partial charge < -0.3 is 9.47 Å². The molecule has 6 nitrogen and oxygen atoms in total. The summed E-state index contributed by atoms with van der Waals surface area (Å²) < 4.78 is 48.7. The zero-order valence-electron chi connectivity index (χ0n) is 16.0. The van der Waals surface area contributed by atoms with E-state index < -0.39 is 38.4 Å². The summed E-state index contributed by atoms with van der Waals surface area (Å²) in [6, 6.07) is 12.8. The summed E-state index contributed by atoms with van der Waals surface area (Å²) in [5.41, 5.74) is 2.27. The average Bonchev–Trinajstić information content (AvgIpc) is 3.17. The van der Waals surface area contributed by atoms with Gasteiger partial charge >= 0.3 is 11.9 Å². The number of carbonyl (C=O) groups is 2. The summed E-state index contributed by atoms with van der Waals surface area (Å²) in [7, 11) is -2.92. The van der Waals surface area contributed by atoms with Gasteiger partial charge in [-0.25, -0.2) is 17.6 Å². The molecular weight excluding hydrogens is 431 g/mol. The highest BCUT2D eigenvalue weighted by Crippen LogP contribution is 2.40. The van der Waals surface area contributed by atoms with Crippen molar-refractivity contribution >= 4 is 33.1 Å². The number of esters is 2. The Labute approximate surface area is 176 Å². The van der Waals surface area contributed by atoms with E-state index in [0.717, 1.165) is 36.0 Å². The first-order chi connectivity index (χ1) is 14.2. The highest BCUT2D eigenvalue weighted by molar-refractivity contribution is 7.91. The summed E-state index contributed by atoms with van der Waals surface area (Å²) in [6.45, 7) is 1.06. The zero-order chi connectivity index (χ0) is 21.9. The third kappa shape index (κ3) is 4.42. The van der Waals surface area contributed by atoms with E-state index in [0.29, 0.717) is 16.7 Å². The van der Waals surface area contributed by atoms with Crippen LogP contribution in [0.1, 0.15) is 16.6 Å². The quantitative estimate of drug-likeness (QED) is 0.523. The minimum atomic E-state index is -4.17. The van der Waals surface area contributed by atoms with Crippen LogP contribution in [0.15, 0.2) is 58.8 Å². The molecule has 0 saturated carbocycles. The average molecular weight is 448 g/mol. The number of methoxy groups -OCH3 is 1. The lowest BCUT2D eigenvalue weighted by Crippen LogP contribution is -2.14. The van der Waals surface area contributed by atoms with Crippen molar-refractivity contribution in [2.24, 2.45) is 0 Å². The van der Waals surface area contributed by atoms with E-state index in [2.05, 4.69) is 4.74 Å². The fourth-order valence-corrected chi connectivity index (χ4v) is 4.94. The maximum Gasteiger partial charge on any atom is 0.348 e. The van der Waals surface area contributed by atoms with Gasteiger partial charge in [0.2, 0.25) is 9.84 Å². The number of carbonyl (C=O) groups excluding carboxylic acids is 2. The summed E-state index contributed by atoms with van der Waals surface area (Å²) in [6.07, 6.45) is 0. The lowest BCUT2D eigenvalue weighted by atomic mass is 9.97. The molecule has 30 heavy (non-hydrogen) atoms. The van der Waals surface area contributed by atoms with E-state index in [1.54, 1.807) is 5.38 Å². The van der Waals surface area contributed by atoms with Gasteiger partial charge in [-0.05, 0) is 23.3 Å². The molecule has 0 N–H and O–H groups in total. The van der Waals surface area contributed by atoms with Crippen LogP contribution in [0.25, 0.3) is 22.3 Å². The number of ether oxygens (including phenoxy) is 2. The Hall–Kier alpha value is -3.04. The number of benzene rings is 2. The van der Waals surface area contributed by atoms with Crippen molar-refractivity contribution in [3.05, 3.63) is 64.6 Å². The first-order valence-corrected chi connectivity index (χ1v) is 11.2. The van der Waals surface area contributed by atoms with Gasteiger partial charge in [-0.15, -0.1) is 11.3 Å². The largest absolute Gasteiger partial charge is 0.465 e. The van der Waals surface area contributed by atoms with Gasteiger partial charge in [-0.2, -0.15) is 0 Å². The minimum Gasteiger partial charge on any atom is -0.465 e. The van der Waals surface area contributed by atoms with Gasteiger partial charge in [-0.1, -0.05) is 36.4 Å². The van der Waals surface area contributed by atoms with E-state index in [9.17, 15) is 22.4 Å². The van der Waals surface area contributed by atoms with Gasteiger partial charge in [0, 0.05) is 23.4 Å². The lowest BCUT2D eigenvalue weighted by Gasteiger charge is -2.11. The Kier molecular flexibility index (Phi) is 6.33. The molecule has 0 spiro atoms. The Morgan fingerprint density at radius 3 is 2.37 bits per heavy atom. The first-order valence-electron chi connectivity index (χ1n) is 8.66. The van der Waals surface area contributed by atoms with Crippen LogP contribution in [0.4, 0.5) is 4.39 Å². The summed E-state index contributed by atoms with van der Waals surface area (Å²) in [4.78, 5) is 22.8. The number of hydrogen-bond donors (Lipinski definition) is 0. The van der Waals surface area contributed by atoms with Crippen LogP contribution in [-0.4, -0.2) is 33.4 Å². The van der Waals surface area contributed by atoms with Crippen molar-refractivity contribution in [3.63, 3.8) is 0 Å². The fraction of sp³-hybridized carbons (Fsp3) is 0.143. The van der Waals surface area contributed by atoms with E-state index >= 15 is 0 Å². The molecule has 0 aliphatic carbocycles. The van der Waals surface area contributed by atoms with Crippen LogP contribution < -0.4 is 0 Å². The molecule has 0 amide bonds. The Morgan fingerprint density at radius 1 is 1.07 bits per heavy atom. The van der Waals surface area contributed by atoms with Gasteiger partial charge in [0.1, 0.15) is 15.6 Å². The molecule has 3 rings (SSSR count). The standard InChI is InChI=1S/C21H17FO6S2/c1-13(23)28-12-30(25,26)18-9-8-15(10-17(18)22)19-16(14-6-4-3-5-7-14)11-29-20(19)21(24)27-2/h3-11H,12H2,1-2H3. The molecule has 0 atom stereocenters. The van der Waals surface area contributed by atoms with E-state index in [-0.39, 0.29) is 4.88 Å². The van der Waals surface area contributed by atoms with Crippen molar-refractivity contribution < 1.29 is 31.9 Å². The summed E-state index contributed by atoms with van der Waals surface area (Å²) in [5, 5.41) is 1.76. The molecule has 0 unspecified atom stereocenters. The molecule has 3 aromatic rings. The topological polar surface area (TPSA) is 86.7 Å². The normalized spacial score (nSPS) is 11.2. The monoisotopic (exact) mass is 448 g/mol. The van der Waals surface area contributed by atoms with E-state index in [1.165, 1.54) is 13.2 Å². The Morgan fingerprint density at radius 2 is 1.77 bits per heavy atom. The molecule has 0 radical (unpaired) electrons. The number of hydrogen-bond acceptors (Lipinski definition) is 7. The SMILES string of the molecule is COC(=O)c1scc(-c2ccccc2)c1-c1ccc(S(=O)(=O)COC(C)=O)c(F)c1. The van der Waals surface area contributed by atoms with E-state index in [4.69, 9.17) is 4.74 Å². The summed E-state index contributed by atoms with van der Waals surface area (Å²) in [5.74, 6) is -3.34. The van der Waals surface area contributed by atoms with Crippen molar-refractivity contribution in [1.29, 1.82) is 0 Å². The smallest absolute Gasteiger partial charge is 0.348 e. The van der Waals surface area contributed by atoms with E-state index in [1.807, 2.05) is 30.3 Å².